The smallest absolute Gasteiger partial charge is 0.227 e. The Balaban J connectivity index is 2.04. The van der Waals surface area contributed by atoms with Crippen LogP contribution < -0.4 is 5.32 Å². The van der Waals surface area contributed by atoms with Gasteiger partial charge in [0.15, 0.2) is 0 Å². The van der Waals surface area contributed by atoms with Crippen molar-refractivity contribution in [3.8, 4) is 0 Å². The largest absolute Gasteiger partial charge is 0.393 e. The van der Waals surface area contributed by atoms with E-state index < -0.39 is 0 Å². The van der Waals surface area contributed by atoms with Crippen molar-refractivity contribution in [2.45, 2.75) is 38.8 Å². The molecule has 0 fully saturated rings. The lowest BCUT2D eigenvalue weighted by molar-refractivity contribution is -0.134. The zero-order chi connectivity index (χ0) is 14.7. The third-order valence-electron chi connectivity index (χ3n) is 4.02. The highest BCUT2D eigenvalue weighted by molar-refractivity contribution is 5.81. The van der Waals surface area contributed by atoms with Gasteiger partial charge >= 0.3 is 0 Å². The lowest BCUT2D eigenvalue weighted by Gasteiger charge is -2.34. The predicted octanol–water partition coefficient (Wildman–Crippen LogP) is 1.89. The molecule has 1 aliphatic heterocycles. The molecule has 0 aliphatic carbocycles. The monoisotopic (exact) mass is 276 g/mol. The summed E-state index contributed by atoms with van der Waals surface area (Å²) in [5.74, 6) is 0.115. The van der Waals surface area contributed by atoms with Crippen LogP contribution >= 0.6 is 0 Å². The van der Waals surface area contributed by atoms with Crippen LogP contribution in [0.2, 0.25) is 0 Å². The van der Waals surface area contributed by atoms with Crippen molar-refractivity contribution in [1.82, 2.24) is 4.90 Å². The molecule has 3 unspecified atom stereocenters. The average molecular weight is 276 g/mol. The predicted molar refractivity (Wildman–Crippen MR) is 80.7 cm³/mol. The Kier molecular flexibility index (Phi) is 4.65. The van der Waals surface area contributed by atoms with Crippen LogP contribution in [0.4, 0.5) is 5.69 Å². The van der Waals surface area contributed by atoms with Crippen molar-refractivity contribution in [3.05, 3.63) is 29.8 Å². The molecule has 1 aromatic carbocycles. The van der Waals surface area contributed by atoms with Crippen LogP contribution in [0, 0.1) is 5.92 Å². The van der Waals surface area contributed by atoms with Gasteiger partial charge in [-0.2, -0.15) is 0 Å². The summed E-state index contributed by atoms with van der Waals surface area (Å²) in [6.45, 7) is 4.40. The Morgan fingerprint density at radius 3 is 2.90 bits per heavy atom. The van der Waals surface area contributed by atoms with Crippen LogP contribution in [-0.4, -0.2) is 41.7 Å². The number of carbonyl (C=O) groups is 1. The van der Waals surface area contributed by atoms with Crippen molar-refractivity contribution in [1.29, 1.82) is 0 Å². The molecule has 110 valence electrons. The molecule has 0 bridgehead atoms. The summed E-state index contributed by atoms with van der Waals surface area (Å²) in [5.41, 5.74) is 2.34. The lowest BCUT2D eigenvalue weighted by Crippen LogP contribution is -2.44. The second kappa shape index (κ2) is 6.27. The fraction of sp³-hybridized carbons (Fsp3) is 0.562. The Morgan fingerprint density at radius 2 is 2.20 bits per heavy atom. The summed E-state index contributed by atoms with van der Waals surface area (Å²) in [4.78, 5) is 14.3. The average Bonchev–Trinajstić information content (AvgIpc) is 2.43. The van der Waals surface area contributed by atoms with E-state index in [-0.39, 0.29) is 24.0 Å². The van der Waals surface area contributed by atoms with Crippen LogP contribution in [-0.2, 0) is 11.2 Å². The highest BCUT2D eigenvalue weighted by Crippen LogP contribution is 2.29. The maximum absolute atomic E-state index is 12.5. The summed E-state index contributed by atoms with van der Waals surface area (Å²) < 4.78 is 0. The van der Waals surface area contributed by atoms with Gasteiger partial charge in [-0.3, -0.25) is 4.79 Å². The second-order valence-corrected chi connectivity index (χ2v) is 5.80. The van der Waals surface area contributed by atoms with Gasteiger partial charge in [0.05, 0.1) is 12.0 Å². The van der Waals surface area contributed by atoms with Crippen molar-refractivity contribution < 1.29 is 9.90 Å². The molecule has 20 heavy (non-hydrogen) atoms. The molecular formula is C16H24N2O2. The van der Waals surface area contributed by atoms with E-state index >= 15 is 0 Å². The van der Waals surface area contributed by atoms with Crippen LogP contribution in [0.5, 0.6) is 0 Å². The Morgan fingerprint density at radius 1 is 1.50 bits per heavy atom. The minimum atomic E-state index is -0.368. The number of nitrogens with one attached hydrogen (secondary N) is 1. The molecule has 1 aliphatic rings. The first kappa shape index (κ1) is 14.9. The molecule has 4 nitrogen and oxygen atoms in total. The van der Waals surface area contributed by atoms with Crippen LogP contribution in [0.1, 0.15) is 25.8 Å². The number of hydrogen-bond donors (Lipinski definition) is 2. The Bertz CT molecular complexity index is 473. The summed E-state index contributed by atoms with van der Waals surface area (Å²) in [6, 6.07) is 8.28. The van der Waals surface area contributed by atoms with Gasteiger partial charge in [0.2, 0.25) is 5.91 Å². The molecule has 3 atom stereocenters. The molecule has 1 heterocycles. The number of aliphatic hydroxyl groups excluding tert-OH is 1. The fourth-order valence-electron chi connectivity index (χ4n) is 2.67. The van der Waals surface area contributed by atoms with Gasteiger partial charge in [0, 0.05) is 25.3 Å². The van der Waals surface area contributed by atoms with Gasteiger partial charge in [-0.1, -0.05) is 18.2 Å². The van der Waals surface area contributed by atoms with E-state index in [1.54, 1.807) is 11.8 Å². The van der Waals surface area contributed by atoms with Gasteiger partial charge in [0.1, 0.15) is 0 Å². The van der Waals surface area contributed by atoms with E-state index in [1.165, 1.54) is 5.56 Å². The molecule has 0 radical (unpaired) electrons. The molecule has 1 aromatic rings. The summed E-state index contributed by atoms with van der Waals surface area (Å²) in [5, 5.41) is 12.7. The number of amides is 1. The molecule has 0 aromatic heterocycles. The molecule has 2 rings (SSSR count). The van der Waals surface area contributed by atoms with Crippen molar-refractivity contribution in [2.75, 3.05) is 18.9 Å². The van der Waals surface area contributed by atoms with Crippen molar-refractivity contribution in [3.63, 3.8) is 0 Å². The van der Waals surface area contributed by atoms with Crippen molar-refractivity contribution >= 4 is 11.6 Å². The number of carbonyl (C=O) groups excluding carboxylic acids is 1. The third-order valence-corrected chi connectivity index (χ3v) is 4.02. The van der Waals surface area contributed by atoms with Crippen molar-refractivity contribution in [2.24, 2.45) is 5.92 Å². The minimum absolute atomic E-state index is 0.0381. The van der Waals surface area contributed by atoms with Crippen LogP contribution in [0.25, 0.3) is 0 Å². The number of fused-ring (bicyclic) bond motifs is 1. The SMILES string of the molecule is CC(O)CCN(C)C(=O)C1Cc2ccccc2NC1C. The zero-order valence-corrected chi connectivity index (χ0v) is 12.5. The van der Waals surface area contributed by atoms with Gasteiger partial charge < -0.3 is 15.3 Å². The summed E-state index contributed by atoms with van der Waals surface area (Å²) in [7, 11) is 1.82. The fourth-order valence-corrected chi connectivity index (χ4v) is 2.67. The topological polar surface area (TPSA) is 52.6 Å². The first-order chi connectivity index (χ1) is 9.49. The normalized spacial score (nSPS) is 22.6. The second-order valence-electron chi connectivity index (χ2n) is 5.80. The maximum Gasteiger partial charge on any atom is 0.227 e. The van der Waals surface area contributed by atoms with Gasteiger partial charge in [0.25, 0.3) is 0 Å². The van der Waals surface area contributed by atoms with Gasteiger partial charge in [-0.15, -0.1) is 0 Å². The van der Waals surface area contributed by atoms with Crippen LogP contribution in [0.15, 0.2) is 24.3 Å². The van der Waals surface area contributed by atoms with Gasteiger partial charge in [-0.05, 0) is 38.3 Å². The minimum Gasteiger partial charge on any atom is -0.393 e. The number of anilines is 1. The lowest BCUT2D eigenvalue weighted by atomic mass is 9.87. The molecular weight excluding hydrogens is 252 g/mol. The first-order valence-corrected chi connectivity index (χ1v) is 7.26. The molecule has 0 saturated carbocycles. The number of benzene rings is 1. The highest BCUT2D eigenvalue weighted by atomic mass is 16.3. The molecule has 4 heteroatoms. The van der Waals surface area contributed by atoms with Crippen LogP contribution in [0.3, 0.4) is 0 Å². The number of para-hydroxylation sites is 1. The zero-order valence-electron chi connectivity index (χ0n) is 12.5. The molecule has 2 N–H and O–H groups in total. The number of hydrogen-bond acceptors (Lipinski definition) is 3. The van der Waals surface area contributed by atoms with E-state index in [0.717, 1.165) is 12.1 Å². The molecule has 0 saturated heterocycles. The van der Waals surface area contributed by atoms with E-state index in [1.807, 2.05) is 19.2 Å². The quantitative estimate of drug-likeness (QED) is 0.883. The number of aliphatic hydroxyl groups is 1. The van der Waals surface area contributed by atoms with E-state index in [9.17, 15) is 9.90 Å². The number of nitrogens with zero attached hydrogens (tertiary/aromatic N) is 1. The van der Waals surface area contributed by atoms with E-state index in [2.05, 4.69) is 24.4 Å². The Hall–Kier alpha value is -1.55. The molecule has 0 spiro atoms. The maximum atomic E-state index is 12.5. The Labute approximate surface area is 120 Å². The summed E-state index contributed by atoms with van der Waals surface area (Å²) in [6.07, 6.45) is 1.03. The van der Waals surface area contributed by atoms with E-state index in [0.29, 0.717) is 13.0 Å². The first-order valence-electron chi connectivity index (χ1n) is 7.26. The highest BCUT2D eigenvalue weighted by Gasteiger charge is 2.32. The summed E-state index contributed by atoms with van der Waals surface area (Å²) >= 11 is 0. The third kappa shape index (κ3) is 3.31. The number of rotatable bonds is 4. The molecule has 1 amide bonds. The van der Waals surface area contributed by atoms with Gasteiger partial charge in [-0.25, -0.2) is 0 Å². The van der Waals surface area contributed by atoms with E-state index in [4.69, 9.17) is 0 Å². The standard InChI is InChI=1S/C16H24N2O2/c1-11(19)8-9-18(3)16(20)14-10-13-6-4-5-7-15(13)17-12(14)2/h4-7,11-12,14,17,19H,8-10H2,1-3H3.